The first kappa shape index (κ1) is 11.7. The molecule has 1 unspecified atom stereocenters. The molecule has 1 atom stereocenters. The number of hydrogen-bond acceptors (Lipinski definition) is 2. The van der Waals surface area contributed by atoms with Gasteiger partial charge in [0.1, 0.15) is 0 Å². The van der Waals surface area contributed by atoms with Crippen LogP contribution in [0.2, 0.25) is 0 Å². The molecule has 0 spiro atoms. The molecular formula is C8H16OSSe. The van der Waals surface area contributed by atoms with Crippen LogP contribution in [0.25, 0.3) is 0 Å². The molecule has 0 aromatic heterocycles. The summed E-state index contributed by atoms with van der Waals surface area (Å²) in [5, 5.41) is 9.03. The number of unbranched alkanes of at least 4 members (excludes halogenated alkanes) is 1. The fraction of sp³-hybridized carbons (Fsp3) is 0.875. The van der Waals surface area contributed by atoms with Crippen molar-refractivity contribution in [3.05, 3.63) is 0 Å². The Labute approximate surface area is 81.3 Å². The van der Waals surface area contributed by atoms with Crippen molar-refractivity contribution in [2.24, 2.45) is 0 Å². The molecule has 0 rings (SSSR count). The summed E-state index contributed by atoms with van der Waals surface area (Å²) < 4.78 is 1.23. The Morgan fingerprint density at radius 3 is 2.73 bits per heavy atom. The van der Waals surface area contributed by atoms with Crippen LogP contribution in [0.5, 0.6) is 0 Å². The van der Waals surface area contributed by atoms with E-state index in [9.17, 15) is 0 Å². The van der Waals surface area contributed by atoms with Crippen LogP contribution in [0, 0.1) is 0 Å². The van der Waals surface area contributed by atoms with Crippen LogP contribution in [0.4, 0.5) is 0 Å². The molecule has 0 aromatic carbocycles. The molecule has 0 radical (unpaired) electrons. The van der Waals surface area contributed by atoms with Gasteiger partial charge in [-0.1, -0.05) is 0 Å². The second-order valence-electron chi connectivity index (χ2n) is 2.63. The van der Waals surface area contributed by atoms with E-state index in [1.165, 1.54) is 22.3 Å². The molecule has 0 amide bonds. The van der Waals surface area contributed by atoms with E-state index in [1.807, 2.05) is 18.7 Å². The quantitative estimate of drug-likeness (QED) is 0.561. The predicted octanol–water partition coefficient (Wildman–Crippen LogP) is 1.59. The van der Waals surface area contributed by atoms with E-state index >= 15 is 0 Å². The van der Waals surface area contributed by atoms with Gasteiger partial charge in [0.15, 0.2) is 0 Å². The van der Waals surface area contributed by atoms with Crippen molar-refractivity contribution in [3.63, 3.8) is 0 Å². The summed E-state index contributed by atoms with van der Waals surface area (Å²) in [5.41, 5.74) is 0. The van der Waals surface area contributed by atoms with Gasteiger partial charge in [-0.2, -0.15) is 0 Å². The molecule has 0 aliphatic heterocycles. The topological polar surface area (TPSA) is 20.2 Å². The molecular weight excluding hydrogens is 223 g/mol. The molecule has 1 N–H and O–H groups in total. The minimum absolute atomic E-state index is 0.208. The van der Waals surface area contributed by atoms with Crippen molar-refractivity contribution in [1.82, 2.24) is 0 Å². The van der Waals surface area contributed by atoms with E-state index in [4.69, 9.17) is 5.11 Å². The van der Waals surface area contributed by atoms with Crippen molar-refractivity contribution in [2.45, 2.75) is 39.2 Å². The molecule has 0 heterocycles. The SMILES string of the molecule is CCCCSC(=[Se])CC(C)O. The van der Waals surface area contributed by atoms with Gasteiger partial charge in [-0.15, -0.1) is 0 Å². The van der Waals surface area contributed by atoms with Crippen molar-refractivity contribution in [3.8, 4) is 0 Å². The number of aliphatic hydroxyl groups excluding tert-OH is 1. The first-order chi connectivity index (χ1) is 5.16. The van der Waals surface area contributed by atoms with Crippen LogP contribution in [0.1, 0.15) is 33.1 Å². The average molecular weight is 239 g/mol. The molecule has 0 aliphatic carbocycles. The minimum atomic E-state index is -0.208. The summed E-state index contributed by atoms with van der Waals surface area (Å²) in [6.45, 7) is 4.01. The molecule has 0 fully saturated rings. The zero-order valence-corrected chi connectivity index (χ0v) is 9.70. The monoisotopic (exact) mass is 240 g/mol. The van der Waals surface area contributed by atoms with Crippen molar-refractivity contribution in [2.75, 3.05) is 5.75 Å². The third-order valence-corrected chi connectivity index (χ3v) is 3.30. The molecule has 0 saturated carbocycles. The first-order valence-electron chi connectivity index (χ1n) is 4.00. The van der Waals surface area contributed by atoms with E-state index < -0.39 is 0 Å². The van der Waals surface area contributed by atoms with Gasteiger partial charge in [0, 0.05) is 0 Å². The number of hydrogen-bond donors (Lipinski definition) is 1. The zero-order chi connectivity index (χ0) is 8.69. The van der Waals surface area contributed by atoms with Gasteiger partial charge in [0.2, 0.25) is 0 Å². The summed E-state index contributed by atoms with van der Waals surface area (Å²) in [6, 6.07) is 0. The second kappa shape index (κ2) is 7.35. The fourth-order valence-corrected chi connectivity index (χ4v) is 2.68. The van der Waals surface area contributed by atoms with Gasteiger partial charge in [0.25, 0.3) is 0 Å². The molecule has 66 valence electrons. The summed E-state index contributed by atoms with van der Waals surface area (Å²) >= 11 is 4.82. The first-order valence-corrected chi connectivity index (χ1v) is 5.84. The normalized spacial score (nSPS) is 13.0. The Balaban J connectivity index is 3.23. The average Bonchev–Trinajstić information content (AvgIpc) is 1.86. The molecule has 0 bridgehead atoms. The Morgan fingerprint density at radius 2 is 2.27 bits per heavy atom. The van der Waals surface area contributed by atoms with Gasteiger partial charge >= 0.3 is 81.2 Å². The van der Waals surface area contributed by atoms with Crippen LogP contribution in [0.3, 0.4) is 0 Å². The van der Waals surface area contributed by atoms with Crippen LogP contribution in [-0.2, 0) is 0 Å². The van der Waals surface area contributed by atoms with Gasteiger partial charge < -0.3 is 0 Å². The summed E-state index contributed by atoms with van der Waals surface area (Å²) in [6.07, 6.45) is 3.08. The van der Waals surface area contributed by atoms with Crippen LogP contribution in [-0.4, -0.2) is 36.3 Å². The zero-order valence-electron chi connectivity index (χ0n) is 7.17. The van der Waals surface area contributed by atoms with Crippen molar-refractivity contribution >= 4 is 31.1 Å². The van der Waals surface area contributed by atoms with E-state index in [-0.39, 0.29) is 6.10 Å². The Morgan fingerprint density at radius 1 is 1.64 bits per heavy atom. The molecule has 0 aliphatic rings. The predicted molar refractivity (Wildman–Crippen MR) is 54.4 cm³/mol. The standard InChI is InChI=1S/C8H16OSSe/c1-3-4-5-10-8(11)6-7(2)9/h7,9H,3-6H2,1-2H3. The van der Waals surface area contributed by atoms with Crippen LogP contribution in [0.15, 0.2) is 0 Å². The fourth-order valence-electron chi connectivity index (χ4n) is 0.630. The van der Waals surface area contributed by atoms with Crippen molar-refractivity contribution < 1.29 is 5.11 Å². The van der Waals surface area contributed by atoms with Crippen molar-refractivity contribution in [1.29, 1.82) is 0 Å². The molecule has 11 heavy (non-hydrogen) atoms. The Hall–Kier alpha value is 0.699. The van der Waals surface area contributed by atoms with E-state index in [0.29, 0.717) is 0 Å². The second-order valence-corrected chi connectivity index (χ2v) is 5.43. The van der Waals surface area contributed by atoms with Crippen LogP contribution < -0.4 is 0 Å². The molecule has 0 saturated heterocycles. The van der Waals surface area contributed by atoms with E-state index in [0.717, 1.165) is 6.42 Å². The number of thioether (sulfide) groups is 1. The van der Waals surface area contributed by atoms with Gasteiger partial charge in [-0.05, 0) is 0 Å². The summed E-state index contributed by atoms with van der Waals surface area (Å²) in [5.74, 6) is 1.17. The Kier molecular flexibility index (Phi) is 7.82. The van der Waals surface area contributed by atoms with E-state index in [2.05, 4.69) is 22.5 Å². The molecule has 3 heteroatoms. The van der Waals surface area contributed by atoms with E-state index in [1.54, 1.807) is 0 Å². The van der Waals surface area contributed by atoms with Gasteiger partial charge in [-0.25, -0.2) is 0 Å². The molecule has 1 nitrogen and oxygen atoms in total. The van der Waals surface area contributed by atoms with Gasteiger partial charge in [0.05, 0.1) is 0 Å². The summed E-state index contributed by atoms with van der Waals surface area (Å²) in [4.78, 5) is 0. The Bertz CT molecular complexity index is 115. The third kappa shape index (κ3) is 8.61. The number of rotatable bonds is 6. The number of aliphatic hydroxyl groups is 1. The van der Waals surface area contributed by atoms with Crippen LogP contribution >= 0.6 is 11.8 Å². The van der Waals surface area contributed by atoms with Gasteiger partial charge in [-0.3, -0.25) is 0 Å². The maximum atomic E-state index is 9.03. The summed E-state index contributed by atoms with van der Waals surface area (Å²) in [7, 11) is 0. The molecule has 0 aromatic rings. The third-order valence-electron chi connectivity index (χ3n) is 1.22. The maximum absolute atomic E-state index is 9.03.